The molecule has 1 aliphatic heterocycles. The van der Waals surface area contributed by atoms with Crippen molar-refractivity contribution >= 4 is 28.7 Å². The topological polar surface area (TPSA) is 34.9 Å². The van der Waals surface area contributed by atoms with Crippen molar-refractivity contribution < 1.29 is 4.79 Å². The number of aromatic nitrogens is 2. The van der Waals surface area contributed by atoms with E-state index in [2.05, 4.69) is 11.9 Å². The quantitative estimate of drug-likeness (QED) is 0.681. The van der Waals surface area contributed by atoms with Gasteiger partial charge < -0.3 is 0 Å². The average molecular weight is 218 g/mol. The third kappa shape index (κ3) is 1.21. The zero-order valence-electron chi connectivity index (χ0n) is 8.30. The predicted molar refractivity (Wildman–Crippen MR) is 61.2 cm³/mol. The van der Waals surface area contributed by atoms with E-state index in [9.17, 15) is 4.79 Å². The number of fused-ring (bicyclic) bond motifs is 3. The molecule has 0 radical (unpaired) electrons. The van der Waals surface area contributed by atoms with E-state index in [-0.39, 0.29) is 5.91 Å². The van der Waals surface area contributed by atoms with Crippen LogP contribution in [0.1, 0.15) is 22.8 Å². The van der Waals surface area contributed by atoms with E-state index >= 15 is 0 Å². The molecule has 1 aliphatic rings. The van der Waals surface area contributed by atoms with E-state index in [4.69, 9.17) is 0 Å². The molecule has 0 amide bonds. The molecule has 0 aliphatic carbocycles. The van der Waals surface area contributed by atoms with Gasteiger partial charge in [-0.05, 0) is 19.1 Å². The first-order chi connectivity index (χ1) is 7.27. The third-order valence-corrected chi connectivity index (χ3v) is 3.78. The number of hydrogen-bond donors (Lipinski definition) is 0. The van der Waals surface area contributed by atoms with Gasteiger partial charge in [0.05, 0.1) is 22.0 Å². The van der Waals surface area contributed by atoms with Crippen molar-refractivity contribution in [2.24, 2.45) is 0 Å². The lowest BCUT2D eigenvalue weighted by atomic mass is 10.3. The van der Waals surface area contributed by atoms with E-state index in [1.54, 1.807) is 16.3 Å². The van der Waals surface area contributed by atoms with E-state index in [0.717, 1.165) is 16.9 Å². The molecule has 0 fully saturated rings. The van der Waals surface area contributed by atoms with E-state index in [0.29, 0.717) is 11.0 Å². The van der Waals surface area contributed by atoms with Gasteiger partial charge in [0.2, 0.25) is 5.91 Å². The molecule has 0 saturated heterocycles. The van der Waals surface area contributed by atoms with Crippen LogP contribution in [0.15, 0.2) is 24.3 Å². The maximum atomic E-state index is 11.8. The van der Waals surface area contributed by atoms with Gasteiger partial charge in [-0.3, -0.25) is 9.36 Å². The lowest BCUT2D eigenvalue weighted by Crippen LogP contribution is -2.22. The lowest BCUT2D eigenvalue weighted by Gasteiger charge is -2.18. The van der Waals surface area contributed by atoms with E-state index < -0.39 is 0 Å². The van der Waals surface area contributed by atoms with Crippen molar-refractivity contribution in [3.63, 3.8) is 0 Å². The molecule has 0 unspecified atom stereocenters. The first-order valence-electron chi connectivity index (χ1n) is 4.89. The minimum absolute atomic E-state index is 0.141. The summed E-state index contributed by atoms with van der Waals surface area (Å²) in [6.07, 6.45) is 0. The number of para-hydroxylation sites is 2. The minimum atomic E-state index is 0.141. The van der Waals surface area contributed by atoms with Crippen molar-refractivity contribution in [1.82, 2.24) is 9.55 Å². The molecule has 3 rings (SSSR count). The van der Waals surface area contributed by atoms with Crippen LogP contribution in [-0.4, -0.2) is 21.2 Å². The highest BCUT2D eigenvalue weighted by molar-refractivity contribution is 8.00. The van der Waals surface area contributed by atoms with E-state index in [1.807, 2.05) is 24.3 Å². The maximum Gasteiger partial charge on any atom is 0.242 e. The molecule has 0 N–H and O–H groups in total. The summed E-state index contributed by atoms with van der Waals surface area (Å²) >= 11 is 1.65. The van der Waals surface area contributed by atoms with Crippen LogP contribution in [-0.2, 0) is 0 Å². The molecule has 2 heterocycles. The van der Waals surface area contributed by atoms with Crippen molar-refractivity contribution in [3.8, 4) is 0 Å². The summed E-state index contributed by atoms with van der Waals surface area (Å²) in [6, 6.07) is 7.79. The number of imidazole rings is 1. The molecule has 1 aromatic heterocycles. The van der Waals surface area contributed by atoms with Crippen LogP contribution in [0.25, 0.3) is 11.0 Å². The highest BCUT2D eigenvalue weighted by Gasteiger charge is 2.26. The summed E-state index contributed by atoms with van der Waals surface area (Å²) in [5.74, 6) is 1.58. The molecular weight excluding hydrogens is 208 g/mol. The fraction of sp³-hybridized carbons (Fsp3) is 0.273. The third-order valence-electron chi connectivity index (χ3n) is 2.66. The van der Waals surface area contributed by atoms with Gasteiger partial charge >= 0.3 is 0 Å². The lowest BCUT2D eigenvalue weighted by molar-refractivity contribution is 0.0940. The molecular formula is C11H10N2OS. The van der Waals surface area contributed by atoms with Gasteiger partial charge in [-0.25, -0.2) is 4.98 Å². The van der Waals surface area contributed by atoms with Gasteiger partial charge in [-0.1, -0.05) is 12.1 Å². The van der Waals surface area contributed by atoms with Crippen LogP contribution in [0.2, 0.25) is 0 Å². The highest BCUT2D eigenvalue weighted by Crippen LogP contribution is 2.34. The van der Waals surface area contributed by atoms with Crippen molar-refractivity contribution in [2.45, 2.75) is 12.2 Å². The largest absolute Gasteiger partial charge is 0.273 e. The van der Waals surface area contributed by atoms with Gasteiger partial charge in [-0.15, -0.1) is 11.8 Å². The van der Waals surface area contributed by atoms with Gasteiger partial charge in [-0.2, -0.15) is 0 Å². The molecule has 2 aromatic rings. The van der Waals surface area contributed by atoms with Gasteiger partial charge in [0.15, 0.2) is 0 Å². The Morgan fingerprint density at radius 2 is 2.27 bits per heavy atom. The zero-order chi connectivity index (χ0) is 10.4. The average Bonchev–Trinajstić information content (AvgIpc) is 2.64. The van der Waals surface area contributed by atoms with Crippen molar-refractivity contribution in [3.05, 3.63) is 30.1 Å². The summed E-state index contributed by atoms with van der Waals surface area (Å²) in [5, 5.41) is 0.301. The van der Waals surface area contributed by atoms with Crippen LogP contribution in [0.3, 0.4) is 0 Å². The van der Waals surface area contributed by atoms with Gasteiger partial charge in [0, 0.05) is 0 Å². The Balaban J connectivity index is 2.39. The second-order valence-corrected chi connectivity index (χ2v) is 4.97. The first-order valence-corrected chi connectivity index (χ1v) is 5.94. The van der Waals surface area contributed by atoms with Crippen molar-refractivity contribution in [2.75, 3.05) is 5.75 Å². The minimum Gasteiger partial charge on any atom is -0.273 e. The Morgan fingerprint density at radius 1 is 1.47 bits per heavy atom. The first kappa shape index (κ1) is 8.97. The second kappa shape index (κ2) is 3.10. The Labute approximate surface area is 91.5 Å². The fourth-order valence-electron chi connectivity index (χ4n) is 1.91. The summed E-state index contributed by atoms with van der Waals surface area (Å²) in [5.41, 5.74) is 1.85. The zero-order valence-corrected chi connectivity index (χ0v) is 9.12. The Bertz CT molecular complexity index is 547. The molecule has 4 heteroatoms. The number of carbonyl (C=O) groups is 1. The molecule has 1 aromatic carbocycles. The monoisotopic (exact) mass is 218 g/mol. The summed E-state index contributed by atoms with van der Waals surface area (Å²) in [4.78, 5) is 16.3. The summed E-state index contributed by atoms with van der Waals surface area (Å²) in [6.45, 7) is 2.09. The number of nitrogens with zero attached hydrogens (tertiary/aromatic N) is 2. The van der Waals surface area contributed by atoms with Crippen LogP contribution in [0.4, 0.5) is 0 Å². The van der Waals surface area contributed by atoms with Gasteiger partial charge in [0.1, 0.15) is 5.82 Å². The molecule has 3 nitrogen and oxygen atoms in total. The molecule has 0 bridgehead atoms. The van der Waals surface area contributed by atoms with E-state index in [1.165, 1.54) is 0 Å². The Hall–Kier alpha value is -1.29. The SMILES string of the molecule is C[C@@H]1SCC(=O)n2c1nc1ccccc12. The molecule has 1 atom stereocenters. The predicted octanol–water partition coefficient (Wildman–Crippen LogP) is 2.48. The van der Waals surface area contributed by atoms with Crippen molar-refractivity contribution in [1.29, 1.82) is 0 Å². The van der Waals surface area contributed by atoms with Crippen LogP contribution < -0.4 is 0 Å². The van der Waals surface area contributed by atoms with Crippen LogP contribution in [0.5, 0.6) is 0 Å². The number of hydrogen-bond acceptors (Lipinski definition) is 3. The second-order valence-electron chi connectivity index (χ2n) is 3.64. The maximum absolute atomic E-state index is 11.8. The Kier molecular flexibility index (Phi) is 1.85. The molecule has 76 valence electrons. The summed E-state index contributed by atoms with van der Waals surface area (Å²) < 4.78 is 1.76. The number of rotatable bonds is 0. The summed E-state index contributed by atoms with van der Waals surface area (Å²) in [7, 11) is 0. The molecule has 0 saturated carbocycles. The molecule has 15 heavy (non-hydrogen) atoms. The molecule has 0 spiro atoms. The Morgan fingerprint density at radius 3 is 3.13 bits per heavy atom. The van der Waals surface area contributed by atoms with Crippen LogP contribution in [0, 0.1) is 0 Å². The normalized spacial score (nSPS) is 20.6. The standard InChI is InChI=1S/C11H10N2OS/c1-7-11-12-8-4-2-3-5-9(8)13(11)10(14)6-15-7/h2-5,7H,6H2,1H3/t7-/m0/s1. The van der Waals surface area contributed by atoms with Gasteiger partial charge in [0.25, 0.3) is 0 Å². The fourth-order valence-corrected chi connectivity index (χ4v) is 2.74. The smallest absolute Gasteiger partial charge is 0.242 e. The number of carbonyl (C=O) groups excluding carboxylic acids is 1. The van der Waals surface area contributed by atoms with Crippen LogP contribution >= 0.6 is 11.8 Å². The number of thioether (sulfide) groups is 1. The highest BCUT2D eigenvalue weighted by atomic mass is 32.2. The number of benzene rings is 1.